The standard InChI is InChI=1S/C32H32F5N5O4/c1-3-5-6-7-16-45-31(43)29(41-19-38-30-26(41)13-14-42(39-30)25-10-8-9-23(33)28(25)34)27-18-24(40-46-27)21-12-11-20(44-15-4-2)17-22(21)32(35,36)37/h8-14,17-19,29,39H,3-7,15-16H2,1-2H3. The van der Waals surface area contributed by atoms with Crippen LogP contribution in [0.3, 0.4) is 0 Å². The molecular weight excluding hydrogens is 613 g/mol. The van der Waals surface area contributed by atoms with Crippen LogP contribution < -0.4 is 15.2 Å². The maximum atomic E-state index is 14.5. The van der Waals surface area contributed by atoms with E-state index in [0.29, 0.717) is 18.5 Å². The van der Waals surface area contributed by atoms with E-state index in [4.69, 9.17) is 14.0 Å². The van der Waals surface area contributed by atoms with E-state index in [1.807, 2.05) is 13.8 Å². The molecule has 4 aromatic rings. The van der Waals surface area contributed by atoms with E-state index in [1.54, 1.807) is 0 Å². The number of nitrogens with zero attached hydrogens (tertiary/aromatic N) is 4. The van der Waals surface area contributed by atoms with Crippen LogP contribution in [0.15, 0.2) is 59.5 Å². The van der Waals surface area contributed by atoms with Crippen molar-refractivity contribution in [1.82, 2.24) is 14.7 Å². The van der Waals surface area contributed by atoms with Crippen molar-refractivity contribution < 1.29 is 40.7 Å². The molecule has 2 aromatic heterocycles. The molecule has 0 radical (unpaired) electrons. The number of fused-ring (bicyclic) bond motifs is 1. The Balaban J connectivity index is 1.49. The van der Waals surface area contributed by atoms with Gasteiger partial charge in [-0.2, -0.15) is 13.2 Å². The van der Waals surface area contributed by atoms with E-state index in [9.17, 15) is 26.7 Å². The molecule has 244 valence electrons. The second-order valence-electron chi connectivity index (χ2n) is 10.6. The van der Waals surface area contributed by atoms with E-state index in [1.165, 1.54) is 58.5 Å². The first kappa shape index (κ1) is 32.5. The van der Waals surface area contributed by atoms with E-state index in [-0.39, 0.29) is 47.5 Å². The molecule has 1 aliphatic heterocycles. The van der Waals surface area contributed by atoms with E-state index in [2.05, 4.69) is 15.6 Å². The Hall–Kier alpha value is -4.88. The number of halogens is 5. The van der Waals surface area contributed by atoms with Gasteiger partial charge in [0.25, 0.3) is 0 Å². The summed E-state index contributed by atoms with van der Waals surface area (Å²) in [5.41, 5.74) is 1.70. The Bertz CT molecular complexity index is 1700. The lowest BCUT2D eigenvalue weighted by atomic mass is 10.0. The zero-order chi connectivity index (χ0) is 32.8. The normalized spacial score (nSPS) is 13.3. The number of hydrazine groups is 1. The van der Waals surface area contributed by atoms with Crippen molar-refractivity contribution in [3.05, 3.63) is 83.6 Å². The van der Waals surface area contributed by atoms with Gasteiger partial charge in [0, 0.05) is 17.8 Å². The largest absolute Gasteiger partial charge is 0.494 e. The van der Waals surface area contributed by atoms with Crippen LogP contribution in [-0.2, 0) is 15.7 Å². The maximum Gasteiger partial charge on any atom is 0.417 e. The summed E-state index contributed by atoms with van der Waals surface area (Å²) in [6.45, 7) is 4.25. The highest BCUT2D eigenvalue weighted by atomic mass is 19.4. The topological polar surface area (TPSA) is 94.7 Å². The van der Waals surface area contributed by atoms with Gasteiger partial charge in [0.15, 0.2) is 29.3 Å². The summed E-state index contributed by atoms with van der Waals surface area (Å²) in [7, 11) is 0. The summed E-state index contributed by atoms with van der Waals surface area (Å²) >= 11 is 0. The second-order valence-corrected chi connectivity index (χ2v) is 10.6. The summed E-state index contributed by atoms with van der Waals surface area (Å²) in [6.07, 6.45) is 3.53. The summed E-state index contributed by atoms with van der Waals surface area (Å²) in [4.78, 5) is 17.8. The van der Waals surface area contributed by atoms with Crippen LogP contribution in [0.5, 0.6) is 5.75 Å². The molecular formula is C32H32F5N5O4. The zero-order valence-electron chi connectivity index (χ0n) is 25.1. The molecule has 3 heterocycles. The van der Waals surface area contributed by atoms with Gasteiger partial charge in [-0.1, -0.05) is 44.3 Å². The summed E-state index contributed by atoms with van der Waals surface area (Å²) < 4.78 is 88.5. The van der Waals surface area contributed by atoms with Gasteiger partial charge in [0.2, 0.25) is 0 Å². The van der Waals surface area contributed by atoms with E-state index in [0.717, 1.165) is 31.4 Å². The fourth-order valence-corrected chi connectivity index (χ4v) is 4.93. The van der Waals surface area contributed by atoms with Crippen LogP contribution in [0, 0.1) is 11.6 Å². The first-order chi connectivity index (χ1) is 22.1. The van der Waals surface area contributed by atoms with Gasteiger partial charge in [0.1, 0.15) is 17.1 Å². The van der Waals surface area contributed by atoms with Gasteiger partial charge >= 0.3 is 12.1 Å². The Morgan fingerprint density at radius 3 is 2.63 bits per heavy atom. The number of esters is 1. The highest BCUT2D eigenvalue weighted by Gasteiger charge is 2.37. The fraction of sp³-hybridized carbons (Fsp3) is 0.344. The molecule has 0 saturated heterocycles. The molecule has 1 atom stereocenters. The van der Waals surface area contributed by atoms with Gasteiger partial charge < -0.3 is 18.6 Å². The Labute approximate surface area is 261 Å². The average Bonchev–Trinajstić information content (AvgIpc) is 3.69. The number of carbonyl (C=O) groups excluding carboxylic acids is 1. The first-order valence-electron chi connectivity index (χ1n) is 14.8. The number of alkyl halides is 3. The number of ether oxygens (including phenoxy) is 2. The number of imidazole rings is 1. The lowest BCUT2D eigenvalue weighted by molar-refractivity contribution is -0.147. The number of unbranched alkanes of at least 4 members (excludes halogenated alkanes) is 3. The number of benzene rings is 2. The Morgan fingerprint density at radius 1 is 1.04 bits per heavy atom. The quantitative estimate of drug-likeness (QED) is 0.0885. The first-order valence-corrected chi connectivity index (χ1v) is 14.8. The molecule has 9 nitrogen and oxygen atoms in total. The van der Waals surface area contributed by atoms with Crippen LogP contribution in [0.25, 0.3) is 17.3 Å². The van der Waals surface area contributed by atoms with Crippen molar-refractivity contribution in [1.29, 1.82) is 0 Å². The molecule has 0 fully saturated rings. The van der Waals surface area contributed by atoms with Crippen molar-refractivity contribution in [3.63, 3.8) is 0 Å². The number of aromatic nitrogens is 3. The molecule has 5 rings (SSSR count). The lowest BCUT2D eigenvalue weighted by Crippen LogP contribution is -2.29. The molecule has 0 saturated carbocycles. The van der Waals surface area contributed by atoms with Gasteiger partial charge in [-0.15, -0.1) is 0 Å². The predicted octanol–water partition coefficient (Wildman–Crippen LogP) is 8.15. The number of nitrogens with one attached hydrogen (secondary N) is 1. The predicted molar refractivity (Wildman–Crippen MR) is 160 cm³/mol. The molecule has 0 spiro atoms. The minimum atomic E-state index is -4.73. The van der Waals surface area contributed by atoms with Gasteiger partial charge in [-0.25, -0.2) is 18.6 Å². The van der Waals surface area contributed by atoms with Gasteiger partial charge in [-0.3, -0.25) is 10.4 Å². The Morgan fingerprint density at radius 2 is 1.87 bits per heavy atom. The maximum absolute atomic E-state index is 14.5. The highest BCUT2D eigenvalue weighted by Crippen LogP contribution is 2.40. The van der Waals surface area contributed by atoms with Crippen molar-refractivity contribution in [2.75, 3.05) is 23.6 Å². The lowest BCUT2D eigenvalue weighted by Gasteiger charge is -2.26. The van der Waals surface area contributed by atoms with Crippen LogP contribution in [0.2, 0.25) is 0 Å². The second kappa shape index (κ2) is 14.0. The summed E-state index contributed by atoms with van der Waals surface area (Å²) in [5, 5.41) is 5.11. The third kappa shape index (κ3) is 7.00. The molecule has 1 N–H and O–H groups in total. The van der Waals surface area contributed by atoms with Crippen molar-refractivity contribution >= 4 is 23.6 Å². The van der Waals surface area contributed by atoms with E-state index >= 15 is 0 Å². The molecule has 1 unspecified atom stereocenters. The highest BCUT2D eigenvalue weighted by molar-refractivity contribution is 5.80. The van der Waals surface area contributed by atoms with Gasteiger partial charge in [0.05, 0.1) is 30.8 Å². The SMILES string of the molecule is CCCCCCOC(=O)C(c1cc(-c2ccc(OCCC)cc2C(F)(F)F)no1)n1cnc2c1C=CN(c1cccc(F)c1F)N2. The van der Waals surface area contributed by atoms with Gasteiger partial charge in [-0.05, 0) is 49.2 Å². The molecule has 14 heteroatoms. The summed E-state index contributed by atoms with van der Waals surface area (Å²) in [5.74, 6) is -2.71. The molecule has 2 aromatic carbocycles. The number of hydrogen-bond donors (Lipinski definition) is 1. The van der Waals surface area contributed by atoms with Crippen LogP contribution in [0.1, 0.15) is 69.0 Å². The van der Waals surface area contributed by atoms with E-state index < -0.39 is 35.4 Å². The summed E-state index contributed by atoms with van der Waals surface area (Å²) in [6, 6.07) is 7.18. The van der Waals surface area contributed by atoms with Crippen molar-refractivity contribution in [2.24, 2.45) is 0 Å². The number of carbonyl (C=O) groups is 1. The van der Waals surface area contributed by atoms with Crippen molar-refractivity contribution in [2.45, 2.75) is 58.2 Å². The van der Waals surface area contributed by atoms with Crippen LogP contribution in [-0.4, -0.2) is 33.9 Å². The number of hydrogen-bond acceptors (Lipinski definition) is 8. The Kier molecular flexibility index (Phi) is 9.93. The van der Waals surface area contributed by atoms with Crippen LogP contribution >= 0.6 is 0 Å². The fourth-order valence-electron chi connectivity index (χ4n) is 4.93. The zero-order valence-corrected chi connectivity index (χ0v) is 25.1. The molecule has 0 bridgehead atoms. The molecule has 1 aliphatic rings. The third-order valence-electron chi connectivity index (χ3n) is 7.22. The number of rotatable bonds is 13. The minimum Gasteiger partial charge on any atom is -0.494 e. The molecule has 46 heavy (non-hydrogen) atoms. The number of anilines is 2. The van der Waals surface area contributed by atoms with Crippen LogP contribution in [0.4, 0.5) is 33.5 Å². The third-order valence-corrected chi connectivity index (χ3v) is 7.22. The van der Waals surface area contributed by atoms with Crippen molar-refractivity contribution in [3.8, 4) is 17.0 Å². The molecule has 0 aliphatic carbocycles. The minimum absolute atomic E-state index is 0.0580. The molecule has 0 amide bonds. The smallest absolute Gasteiger partial charge is 0.417 e. The average molecular weight is 646 g/mol. The monoisotopic (exact) mass is 645 g/mol.